The van der Waals surface area contributed by atoms with E-state index in [0.717, 1.165) is 0 Å². The predicted molar refractivity (Wildman–Crippen MR) is 78.7 cm³/mol. The van der Waals surface area contributed by atoms with Gasteiger partial charge >= 0.3 is 0 Å². The van der Waals surface area contributed by atoms with E-state index < -0.39 is 0 Å². The van der Waals surface area contributed by atoms with Gasteiger partial charge in [0.25, 0.3) is 0 Å². The topological polar surface area (TPSA) is 72.8 Å². The summed E-state index contributed by atoms with van der Waals surface area (Å²) in [4.78, 5) is 13.9. The molecule has 0 spiro atoms. The van der Waals surface area contributed by atoms with Crippen molar-refractivity contribution in [2.24, 2.45) is 0 Å². The predicted octanol–water partition coefficient (Wildman–Crippen LogP) is 2.01. The average Bonchev–Trinajstić information content (AvgIpc) is 2.39. The second kappa shape index (κ2) is 7.14. The summed E-state index contributed by atoms with van der Waals surface area (Å²) in [5, 5.41) is 22.3. The lowest BCUT2D eigenvalue weighted by Crippen LogP contribution is -2.45. The number of likely N-dealkylation sites (N-methyl/N-ethyl adjacent to an activating group) is 1. The van der Waals surface area contributed by atoms with Crippen LogP contribution in [0.5, 0.6) is 11.5 Å². The molecule has 2 atom stereocenters. The summed E-state index contributed by atoms with van der Waals surface area (Å²) < 4.78 is 0. The third-order valence-corrected chi connectivity index (χ3v) is 3.43. The molecule has 1 rings (SSSR count). The number of phenols is 2. The lowest BCUT2D eigenvalue weighted by molar-refractivity contribution is -0.132. The standard InChI is InChI=1S/C15H24N2O3/c1-5-17(6-2)15(20)11(4)16-10(3)13-8-7-12(18)9-14(13)19/h7-11,16,18-19H,5-6H2,1-4H3. The number of carbonyl (C=O) groups excluding carboxylic acids is 1. The third-order valence-electron chi connectivity index (χ3n) is 3.43. The fourth-order valence-electron chi connectivity index (χ4n) is 2.24. The van der Waals surface area contributed by atoms with Crippen molar-refractivity contribution < 1.29 is 15.0 Å². The molecule has 0 fully saturated rings. The van der Waals surface area contributed by atoms with Gasteiger partial charge in [0.15, 0.2) is 0 Å². The fraction of sp³-hybridized carbons (Fsp3) is 0.533. The molecule has 0 heterocycles. The number of carbonyl (C=O) groups is 1. The van der Waals surface area contributed by atoms with Crippen molar-refractivity contribution >= 4 is 5.91 Å². The monoisotopic (exact) mass is 280 g/mol. The first-order chi connectivity index (χ1) is 9.40. The number of nitrogens with zero attached hydrogens (tertiary/aromatic N) is 1. The normalized spacial score (nSPS) is 13.8. The lowest BCUT2D eigenvalue weighted by atomic mass is 10.1. The van der Waals surface area contributed by atoms with Gasteiger partial charge < -0.3 is 15.1 Å². The number of benzene rings is 1. The molecule has 5 nitrogen and oxygen atoms in total. The van der Waals surface area contributed by atoms with Gasteiger partial charge in [0, 0.05) is 30.8 Å². The van der Waals surface area contributed by atoms with Crippen molar-refractivity contribution in [3.05, 3.63) is 23.8 Å². The number of phenolic OH excluding ortho intramolecular Hbond substituents is 2. The van der Waals surface area contributed by atoms with Crippen molar-refractivity contribution in [3.63, 3.8) is 0 Å². The SMILES string of the molecule is CCN(CC)C(=O)C(C)NC(C)c1ccc(O)cc1O. The first kappa shape index (κ1) is 16.3. The van der Waals surface area contributed by atoms with E-state index in [1.165, 1.54) is 12.1 Å². The number of hydrogen-bond acceptors (Lipinski definition) is 4. The molecule has 0 aliphatic heterocycles. The van der Waals surface area contributed by atoms with E-state index in [1.807, 2.05) is 27.7 Å². The van der Waals surface area contributed by atoms with Gasteiger partial charge in [-0.15, -0.1) is 0 Å². The van der Waals surface area contributed by atoms with Crippen molar-refractivity contribution in [1.29, 1.82) is 0 Å². The number of aromatic hydroxyl groups is 2. The zero-order valence-corrected chi connectivity index (χ0v) is 12.6. The van der Waals surface area contributed by atoms with Crippen LogP contribution in [0.2, 0.25) is 0 Å². The van der Waals surface area contributed by atoms with Crippen LogP contribution in [-0.4, -0.2) is 40.2 Å². The Morgan fingerprint density at radius 3 is 2.35 bits per heavy atom. The molecule has 2 unspecified atom stereocenters. The van der Waals surface area contributed by atoms with Crippen LogP contribution in [-0.2, 0) is 4.79 Å². The molecule has 1 aromatic rings. The Kier molecular flexibility index (Phi) is 5.82. The van der Waals surface area contributed by atoms with Crippen LogP contribution in [0.3, 0.4) is 0 Å². The molecule has 20 heavy (non-hydrogen) atoms. The number of rotatable bonds is 6. The van der Waals surface area contributed by atoms with E-state index in [9.17, 15) is 15.0 Å². The molecule has 0 aliphatic rings. The Bertz CT molecular complexity index is 458. The summed E-state index contributed by atoms with van der Waals surface area (Å²) >= 11 is 0. The molecule has 1 amide bonds. The second-order valence-electron chi connectivity index (χ2n) is 4.86. The van der Waals surface area contributed by atoms with Crippen molar-refractivity contribution in [3.8, 4) is 11.5 Å². The van der Waals surface area contributed by atoms with Crippen LogP contribution in [0.15, 0.2) is 18.2 Å². The van der Waals surface area contributed by atoms with Gasteiger partial charge in [0.2, 0.25) is 5.91 Å². The molecular weight excluding hydrogens is 256 g/mol. The molecule has 0 radical (unpaired) electrons. The zero-order chi connectivity index (χ0) is 15.3. The highest BCUT2D eigenvalue weighted by Crippen LogP contribution is 2.27. The van der Waals surface area contributed by atoms with Gasteiger partial charge in [0.05, 0.1) is 6.04 Å². The first-order valence-electron chi connectivity index (χ1n) is 6.97. The molecule has 3 N–H and O–H groups in total. The molecular formula is C15H24N2O3. The molecule has 5 heteroatoms. The summed E-state index contributed by atoms with van der Waals surface area (Å²) in [5.74, 6) is 0.0818. The highest BCUT2D eigenvalue weighted by atomic mass is 16.3. The van der Waals surface area contributed by atoms with Gasteiger partial charge in [0.1, 0.15) is 11.5 Å². The minimum atomic E-state index is -0.335. The summed E-state index contributed by atoms with van der Waals surface area (Å²) in [5.41, 5.74) is 0.655. The Hall–Kier alpha value is -1.75. The Labute approximate surface area is 120 Å². The van der Waals surface area contributed by atoms with Crippen LogP contribution in [0.1, 0.15) is 39.3 Å². The summed E-state index contributed by atoms with van der Waals surface area (Å²) in [6.45, 7) is 8.94. The highest BCUT2D eigenvalue weighted by molar-refractivity contribution is 5.81. The largest absolute Gasteiger partial charge is 0.508 e. The van der Waals surface area contributed by atoms with Gasteiger partial charge in [-0.25, -0.2) is 0 Å². The highest BCUT2D eigenvalue weighted by Gasteiger charge is 2.21. The van der Waals surface area contributed by atoms with E-state index in [1.54, 1.807) is 11.0 Å². The van der Waals surface area contributed by atoms with Crippen LogP contribution in [0.25, 0.3) is 0 Å². The van der Waals surface area contributed by atoms with E-state index in [4.69, 9.17) is 0 Å². The van der Waals surface area contributed by atoms with Gasteiger partial charge in [-0.1, -0.05) is 6.07 Å². The van der Waals surface area contributed by atoms with Crippen LogP contribution < -0.4 is 5.32 Å². The maximum absolute atomic E-state index is 12.2. The third kappa shape index (κ3) is 3.87. The van der Waals surface area contributed by atoms with Crippen LogP contribution >= 0.6 is 0 Å². The molecule has 0 aliphatic carbocycles. The maximum Gasteiger partial charge on any atom is 0.239 e. The minimum absolute atomic E-state index is 0.0192. The van der Waals surface area contributed by atoms with E-state index in [0.29, 0.717) is 18.7 Å². The van der Waals surface area contributed by atoms with E-state index in [2.05, 4.69) is 5.32 Å². The Balaban J connectivity index is 2.74. The Morgan fingerprint density at radius 2 is 1.85 bits per heavy atom. The van der Waals surface area contributed by atoms with Crippen molar-refractivity contribution in [2.45, 2.75) is 39.8 Å². The summed E-state index contributed by atoms with van der Waals surface area (Å²) in [6.07, 6.45) is 0. The summed E-state index contributed by atoms with van der Waals surface area (Å²) in [6, 6.07) is 3.94. The maximum atomic E-state index is 12.2. The second-order valence-corrected chi connectivity index (χ2v) is 4.86. The smallest absolute Gasteiger partial charge is 0.239 e. The molecule has 0 bridgehead atoms. The van der Waals surface area contributed by atoms with Gasteiger partial charge in [-0.3, -0.25) is 10.1 Å². The molecule has 0 saturated heterocycles. The van der Waals surface area contributed by atoms with Crippen molar-refractivity contribution in [2.75, 3.05) is 13.1 Å². The quantitative estimate of drug-likeness (QED) is 0.745. The van der Waals surface area contributed by atoms with Gasteiger partial charge in [-0.05, 0) is 33.8 Å². The molecule has 1 aromatic carbocycles. The fourth-order valence-corrected chi connectivity index (χ4v) is 2.24. The summed E-state index contributed by atoms with van der Waals surface area (Å²) in [7, 11) is 0. The zero-order valence-electron chi connectivity index (χ0n) is 12.6. The average molecular weight is 280 g/mol. The molecule has 0 saturated carbocycles. The van der Waals surface area contributed by atoms with Crippen LogP contribution in [0, 0.1) is 0 Å². The van der Waals surface area contributed by atoms with E-state index >= 15 is 0 Å². The Morgan fingerprint density at radius 1 is 1.25 bits per heavy atom. The van der Waals surface area contributed by atoms with E-state index in [-0.39, 0.29) is 29.5 Å². The first-order valence-corrected chi connectivity index (χ1v) is 6.97. The van der Waals surface area contributed by atoms with Gasteiger partial charge in [-0.2, -0.15) is 0 Å². The lowest BCUT2D eigenvalue weighted by Gasteiger charge is -2.26. The number of amides is 1. The molecule has 112 valence electrons. The number of nitrogens with one attached hydrogen (secondary N) is 1. The van der Waals surface area contributed by atoms with Crippen LogP contribution in [0.4, 0.5) is 0 Å². The number of hydrogen-bond donors (Lipinski definition) is 3. The van der Waals surface area contributed by atoms with Crippen molar-refractivity contribution in [1.82, 2.24) is 10.2 Å². The molecule has 0 aromatic heterocycles. The minimum Gasteiger partial charge on any atom is -0.508 e.